The summed E-state index contributed by atoms with van der Waals surface area (Å²) in [6.07, 6.45) is 3.58. The average Bonchev–Trinajstić information content (AvgIpc) is 2.78. The second-order valence-corrected chi connectivity index (χ2v) is 6.26. The second-order valence-electron chi connectivity index (χ2n) is 6.26. The third-order valence-electron chi connectivity index (χ3n) is 4.99. The summed E-state index contributed by atoms with van der Waals surface area (Å²) in [4.78, 5) is 19.1. The maximum Gasteiger partial charge on any atom is 0.240 e. The number of carbonyl (C=O) groups is 1. The number of rotatable bonds is 3. The average molecular weight is 309 g/mol. The molecule has 0 saturated carbocycles. The highest BCUT2D eigenvalue weighted by atomic mass is 16.5. The maximum atomic E-state index is 13.0. The first-order valence-electron chi connectivity index (χ1n) is 7.76. The number of hydrogen-bond donors (Lipinski definition) is 1. The molecule has 2 aromatic rings. The molecule has 0 bridgehead atoms. The molecule has 4 rings (SSSR count). The zero-order valence-electron chi connectivity index (χ0n) is 13.3. The molecule has 1 aromatic carbocycles. The number of aryl methyl sites for hydroxylation is 1. The number of carbonyl (C=O) groups excluding carboxylic acids is 1. The Hall–Kier alpha value is -2.40. The smallest absolute Gasteiger partial charge is 0.240 e. The van der Waals surface area contributed by atoms with Gasteiger partial charge in [0.2, 0.25) is 5.91 Å². The van der Waals surface area contributed by atoms with E-state index in [1.54, 1.807) is 19.5 Å². The van der Waals surface area contributed by atoms with E-state index in [-0.39, 0.29) is 5.91 Å². The molecular formula is C18H19N3O2. The number of nitrogens with one attached hydrogen (secondary N) is 1. The van der Waals surface area contributed by atoms with E-state index in [9.17, 15) is 4.79 Å². The molecule has 3 heterocycles. The first kappa shape index (κ1) is 14.2. The summed E-state index contributed by atoms with van der Waals surface area (Å²) >= 11 is 0. The normalized spacial score (nSPS) is 18.0. The van der Waals surface area contributed by atoms with Crippen molar-refractivity contribution in [2.24, 2.45) is 0 Å². The van der Waals surface area contributed by atoms with Crippen LogP contribution in [0, 0.1) is 6.92 Å². The van der Waals surface area contributed by atoms with Crippen molar-refractivity contribution in [3.8, 4) is 5.75 Å². The molecule has 1 saturated heterocycles. The fourth-order valence-corrected chi connectivity index (χ4v) is 3.51. The van der Waals surface area contributed by atoms with Crippen molar-refractivity contribution in [2.45, 2.75) is 18.9 Å². The van der Waals surface area contributed by atoms with E-state index in [0.717, 1.165) is 28.1 Å². The van der Waals surface area contributed by atoms with Gasteiger partial charge in [-0.2, -0.15) is 0 Å². The molecule has 1 spiro atoms. The van der Waals surface area contributed by atoms with Crippen LogP contribution in [-0.2, 0) is 16.8 Å². The summed E-state index contributed by atoms with van der Waals surface area (Å²) in [5.74, 6) is 1.01. The van der Waals surface area contributed by atoms with Crippen molar-refractivity contribution in [3.63, 3.8) is 0 Å². The van der Waals surface area contributed by atoms with Crippen LogP contribution < -0.4 is 15.0 Å². The number of ether oxygens (including phenoxy) is 1. The van der Waals surface area contributed by atoms with E-state index in [0.29, 0.717) is 19.6 Å². The molecule has 1 fully saturated rings. The van der Waals surface area contributed by atoms with Gasteiger partial charge in [-0.3, -0.25) is 9.78 Å². The van der Waals surface area contributed by atoms with Gasteiger partial charge in [-0.25, -0.2) is 0 Å². The first-order valence-corrected chi connectivity index (χ1v) is 7.76. The summed E-state index contributed by atoms with van der Waals surface area (Å²) in [7, 11) is 1.66. The minimum absolute atomic E-state index is 0.175. The summed E-state index contributed by atoms with van der Waals surface area (Å²) < 4.78 is 5.26. The second kappa shape index (κ2) is 5.06. The van der Waals surface area contributed by atoms with E-state index < -0.39 is 5.41 Å². The lowest BCUT2D eigenvalue weighted by Gasteiger charge is -2.38. The van der Waals surface area contributed by atoms with Crippen molar-refractivity contribution < 1.29 is 9.53 Å². The maximum absolute atomic E-state index is 13.0. The standard InChI is InChI=1S/C18H19N3O2/c1-12-7-14(23-2)4-3-13(12)9-21-16-8-19-6-5-15(16)18(17(21)22)10-20-11-18/h3-8,20H,9-11H2,1-2H3. The van der Waals surface area contributed by atoms with Crippen molar-refractivity contribution in [3.05, 3.63) is 53.3 Å². The summed E-state index contributed by atoms with van der Waals surface area (Å²) in [6, 6.07) is 7.95. The fourth-order valence-electron chi connectivity index (χ4n) is 3.51. The number of benzene rings is 1. The molecule has 23 heavy (non-hydrogen) atoms. The number of nitrogens with zero attached hydrogens (tertiary/aromatic N) is 2. The molecule has 2 aliphatic heterocycles. The van der Waals surface area contributed by atoms with E-state index >= 15 is 0 Å². The van der Waals surface area contributed by atoms with Gasteiger partial charge in [-0.05, 0) is 41.8 Å². The van der Waals surface area contributed by atoms with Gasteiger partial charge in [-0.1, -0.05) is 6.07 Å². The third kappa shape index (κ3) is 1.96. The zero-order valence-corrected chi connectivity index (χ0v) is 13.3. The van der Waals surface area contributed by atoms with Gasteiger partial charge in [-0.15, -0.1) is 0 Å². The number of aromatic nitrogens is 1. The van der Waals surface area contributed by atoms with Gasteiger partial charge >= 0.3 is 0 Å². The van der Waals surface area contributed by atoms with E-state index in [1.165, 1.54) is 0 Å². The summed E-state index contributed by atoms with van der Waals surface area (Å²) in [5, 5.41) is 3.24. The molecule has 2 aliphatic rings. The minimum Gasteiger partial charge on any atom is -0.497 e. The van der Waals surface area contributed by atoms with Crippen LogP contribution in [-0.4, -0.2) is 31.1 Å². The highest BCUT2D eigenvalue weighted by molar-refractivity contribution is 6.09. The Morgan fingerprint density at radius 2 is 2.17 bits per heavy atom. The molecule has 1 aromatic heterocycles. The highest BCUT2D eigenvalue weighted by Crippen LogP contribution is 2.44. The molecule has 0 unspecified atom stereocenters. The Morgan fingerprint density at radius 1 is 1.35 bits per heavy atom. The van der Waals surface area contributed by atoms with Crippen LogP contribution in [0.5, 0.6) is 5.75 Å². The van der Waals surface area contributed by atoms with E-state index in [2.05, 4.69) is 10.3 Å². The van der Waals surface area contributed by atoms with Crippen LogP contribution in [0.1, 0.15) is 16.7 Å². The molecule has 5 nitrogen and oxygen atoms in total. The quantitative estimate of drug-likeness (QED) is 0.939. The number of hydrogen-bond acceptors (Lipinski definition) is 4. The lowest BCUT2D eigenvalue weighted by Crippen LogP contribution is -2.61. The Morgan fingerprint density at radius 3 is 2.83 bits per heavy atom. The molecule has 5 heteroatoms. The predicted octanol–water partition coefficient (Wildman–Crippen LogP) is 1.79. The number of anilines is 1. The largest absolute Gasteiger partial charge is 0.497 e. The van der Waals surface area contributed by atoms with Gasteiger partial charge in [0.05, 0.1) is 25.5 Å². The van der Waals surface area contributed by atoms with Gasteiger partial charge in [0, 0.05) is 19.3 Å². The van der Waals surface area contributed by atoms with E-state index in [4.69, 9.17) is 4.74 Å². The van der Waals surface area contributed by atoms with Crippen molar-refractivity contribution in [2.75, 3.05) is 25.1 Å². The predicted molar refractivity (Wildman–Crippen MR) is 87.7 cm³/mol. The molecule has 1 amide bonds. The van der Waals surface area contributed by atoms with Crippen LogP contribution in [0.25, 0.3) is 0 Å². The molecular weight excluding hydrogens is 290 g/mol. The Kier molecular flexibility index (Phi) is 3.13. The molecule has 0 atom stereocenters. The first-order chi connectivity index (χ1) is 11.2. The summed E-state index contributed by atoms with van der Waals surface area (Å²) in [6.45, 7) is 4.03. The highest BCUT2D eigenvalue weighted by Gasteiger charge is 2.54. The SMILES string of the molecule is COc1ccc(CN2C(=O)C3(CNC3)c3ccncc32)c(C)c1. The topological polar surface area (TPSA) is 54.5 Å². The lowest BCUT2D eigenvalue weighted by molar-refractivity contribution is -0.125. The number of pyridine rings is 1. The Labute approximate surface area is 135 Å². The third-order valence-corrected chi connectivity index (χ3v) is 4.99. The minimum atomic E-state index is -0.390. The van der Waals surface area contributed by atoms with Crippen LogP contribution >= 0.6 is 0 Å². The van der Waals surface area contributed by atoms with Crippen molar-refractivity contribution >= 4 is 11.6 Å². The van der Waals surface area contributed by atoms with Gasteiger partial charge in [0.25, 0.3) is 0 Å². The van der Waals surface area contributed by atoms with Gasteiger partial charge in [0.15, 0.2) is 0 Å². The van der Waals surface area contributed by atoms with Crippen LogP contribution in [0.4, 0.5) is 5.69 Å². The lowest BCUT2D eigenvalue weighted by atomic mass is 9.76. The van der Waals surface area contributed by atoms with Gasteiger partial charge < -0.3 is 15.0 Å². The number of fused-ring (bicyclic) bond motifs is 2. The summed E-state index contributed by atoms with van der Waals surface area (Å²) in [5.41, 5.74) is 3.89. The number of methoxy groups -OCH3 is 1. The number of amides is 1. The van der Waals surface area contributed by atoms with Crippen molar-refractivity contribution in [1.29, 1.82) is 0 Å². The molecule has 0 aliphatic carbocycles. The molecule has 1 N–H and O–H groups in total. The van der Waals surface area contributed by atoms with Crippen LogP contribution in [0.3, 0.4) is 0 Å². The Bertz CT molecular complexity index is 784. The zero-order chi connectivity index (χ0) is 16.0. The molecule has 0 radical (unpaired) electrons. The van der Waals surface area contributed by atoms with Gasteiger partial charge in [0.1, 0.15) is 11.2 Å². The van der Waals surface area contributed by atoms with Crippen LogP contribution in [0.2, 0.25) is 0 Å². The fraction of sp³-hybridized carbons (Fsp3) is 0.333. The van der Waals surface area contributed by atoms with Crippen molar-refractivity contribution in [1.82, 2.24) is 10.3 Å². The Balaban J connectivity index is 1.71. The van der Waals surface area contributed by atoms with E-state index in [1.807, 2.05) is 36.1 Å². The molecule has 118 valence electrons. The van der Waals surface area contributed by atoms with Crippen LogP contribution in [0.15, 0.2) is 36.7 Å². The monoisotopic (exact) mass is 309 g/mol.